The van der Waals surface area contributed by atoms with E-state index in [9.17, 15) is 4.79 Å². The minimum absolute atomic E-state index is 0.0121. The van der Waals surface area contributed by atoms with Crippen molar-refractivity contribution in [3.8, 4) is 0 Å². The van der Waals surface area contributed by atoms with Gasteiger partial charge in [0.05, 0.1) is 0 Å². The molecule has 2 fully saturated rings. The number of piperazine rings is 1. The van der Waals surface area contributed by atoms with Crippen LogP contribution >= 0.6 is 11.6 Å². The maximum atomic E-state index is 12.9. The van der Waals surface area contributed by atoms with E-state index in [2.05, 4.69) is 21.3 Å². The Morgan fingerprint density at radius 2 is 1.82 bits per heavy atom. The third kappa shape index (κ3) is 4.58. The van der Waals surface area contributed by atoms with Gasteiger partial charge in [0.15, 0.2) is 0 Å². The van der Waals surface area contributed by atoms with Gasteiger partial charge in [0.2, 0.25) is 0 Å². The molecule has 28 heavy (non-hydrogen) atoms. The third-order valence-electron chi connectivity index (χ3n) is 5.70. The molecule has 0 unspecified atom stereocenters. The summed E-state index contributed by atoms with van der Waals surface area (Å²) in [6, 6.07) is 12.3. The number of pyridine rings is 1. The summed E-state index contributed by atoms with van der Waals surface area (Å²) in [6.07, 6.45) is 8.05. The predicted molar refractivity (Wildman–Crippen MR) is 114 cm³/mol. The van der Waals surface area contributed by atoms with E-state index in [0.29, 0.717) is 24.8 Å². The van der Waals surface area contributed by atoms with Crippen molar-refractivity contribution in [1.29, 1.82) is 0 Å². The van der Waals surface area contributed by atoms with E-state index in [0.717, 1.165) is 29.5 Å². The van der Waals surface area contributed by atoms with Crippen LogP contribution in [0.3, 0.4) is 0 Å². The van der Waals surface area contributed by atoms with E-state index >= 15 is 0 Å². The van der Waals surface area contributed by atoms with Crippen molar-refractivity contribution in [3.63, 3.8) is 0 Å². The van der Waals surface area contributed by atoms with Crippen LogP contribution in [-0.4, -0.2) is 48.0 Å². The van der Waals surface area contributed by atoms with Crippen molar-refractivity contribution in [1.82, 2.24) is 9.88 Å². The number of nitrogens with zero attached hydrogens (tertiary/aromatic N) is 3. The number of rotatable bonds is 4. The first-order valence-corrected chi connectivity index (χ1v) is 10.6. The number of nitrogens with one attached hydrogen (secondary N) is 1. The Bertz CT molecular complexity index is 814. The van der Waals surface area contributed by atoms with Crippen LogP contribution in [0.4, 0.5) is 11.4 Å². The third-order valence-corrected chi connectivity index (χ3v) is 5.93. The van der Waals surface area contributed by atoms with Crippen LogP contribution in [-0.2, 0) is 0 Å². The second-order valence-electron chi connectivity index (χ2n) is 7.67. The summed E-state index contributed by atoms with van der Waals surface area (Å²) < 4.78 is 0. The SMILES string of the molecule is O=C(c1cc(NC2CCCCC2)ccn1)N1CCN(c2cccc(Cl)c2)CC1. The molecule has 0 spiro atoms. The van der Waals surface area contributed by atoms with Crippen LogP contribution in [0.1, 0.15) is 42.6 Å². The van der Waals surface area contributed by atoms with Crippen LogP contribution in [0.2, 0.25) is 5.02 Å². The number of carbonyl (C=O) groups is 1. The summed E-state index contributed by atoms with van der Waals surface area (Å²) in [5.74, 6) is 0.0121. The van der Waals surface area contributed by atoms with Gasteiger partial charge in [-0.05, 0) is 43.2 Å². The summed E-state index contributed by atoms with van der Waals surface area (Å²) in [5.41, 5.74) is 2.64. The average Bonchev–Trinajstić information content (AvgIpc) is 2.74. The number of carbonyl (C=O) groups excluding carboxylic acids is 1. The maximum Gasteiger partial charge on any atom is 0.272 e. The number of halogens is 1. The van der Waals surface area contributed by atoms with E-state index < -0.39 is 0 Å². The highest BCUT2D eigenvalue weighted by molar-refractivity contribution is 6.30. The van der Waals surface area contributed by atoms with Crippen LogP contribution in [0.5, 0.6) is 0 Å². The molecule has 1 aliphatic carbocycles. The van der Waals surface area contributed by atoms with Gasteiger partial charge in [-0.3, -0.25) is 9.78 Å². The lowest BCUT2D eigenvalue weighted by atomic mass is 9.95. The van der Waals surface area contributed by atoms with Crippen molar-refractivity contribution < 1.29 is 4.79 Å². The second kappa shape index (κ2) is 8.82. The Kier molecular flexibility index (Phi) is 6.01. The molecular formula is C22H27ClN4O. The number of hydrogen-bond donors (Lipinski definition) is 1. The number of aromatic nitrogens is 1. The maximum absolute atomic E-state index is 12.9. The van der Waals surface area contributed by atoms with Crippen molar-refractivity contribution in [3.05, 3.63) is 53.3 Å². The zero-order chi connectivity index (χ0) is 19.3. The first kappa shape index (κ1) is 19.1. The number of hydrogen-bond acceptors (Lipinski definition) is 4. The molecule has 2 aliphatic rings. The highest BCUT2D eigenvalue weighted by atomic mass is 35.5. The summed E-state index contributed by atoms with van der Waals surface area (Å²) >= 11 is 6.10. The second-order valence-corrected chi connectivity index (χ2v) is 8.10. The van der Waals surface area contributed by atoms with Gasteiger partial charge in [-0.1, -0.05) is 36.9 Å². The molecule has 4 rings (SSSR count). The standard InChI is InChI=1S/C22H27ClN4O/c23-17-5-4-8-20(15-17)26-11-13-27(14-12-26)22(28)21-16-19(9-10-24-21)25-18-6-2-1-3-7-18/h4-5,8-10,15-16,18H,1-3,6-7,11-14H2,(H,24,25). The van der Waals surface area contributed by atoms with E-state index in [1.807, 2.05) is 35.2 Å². The molecule has 6 heteroatoms. The van der Waals surface area contributed by atoms with Gasteiger partial charge < -0.3 is 15.1 Å². The molecule has 148 valence electrons. The van der Waals surface area contributed by atoms with Gasteiger partial charge in [0.1, 0.15) is 5.69 Å². The monoisotopic (exact) mass is 398 g/mol. The largest absolute Gasteiger partial charge is 0.382 e. The van der Waals surface area contributed by atoms with Gasteiger partial charge in [-0.25, -0.2) is 0 Å². The van der Waals surface area contributed by atoms with Crippen LogP contribution < -0.4 is 10.2 Å². The average molecular weight is 399 g/mol. The molecular weight excluding hydrogens is 372 g/mol. The smallest absolute Gasteiger partial charge is 0.272 e. The quantitative estimate of drug-likeness (QED) is 0.826. The fourth-order valence-corrected chi connectivity index (χ4v) is 4.31. The zero-order valence-electron chi connectivity index (χ0n) is 16.1. The fourth-order valence-electron chi connectivity index (χ4n) is 4.12. The van der Waals surface area contributed by atoms with Gasteiger partial charge in [-0.15, -0.1) is 0 Å². The van der Waals surface area contributed by atoms with Crippen LogP contribution in [0.25, 0.3) is 0 Å². The molecule has 1 aliphatic heterocycles. The fraction of sp³-hybridized carbons (Fsp3) is 0.455. The molecule has 1 amide bonds. The van der Waals surface area contributed by atoms with Crippen molar-refractivity contribution in [2.24, 2.45) is 0 Å². The van der Waals surface area contributed by atoms with E-state index in [1.54, 1.807) is 6.20 Å². The Balaban J connectivity index is 1.36. The minimum atomic E-state index is 0.0121. The lowest BCUT2D eigenvalue weighted by Gasteiger charge is -2.36. The van der Waals surface area contributed by atoms with Crippen molar-refractivity contribution in [2.45, 2.75) is 38.1 Å². The van der Waals surface area contributed by atoms with Gasteiger partial charge in [0, 0.05) is 54.8 Å². The first-order valence-electron chi connectivity index (χ1n) is 10.2. The Morgan fingerprint density at radius 3 is 2.57 bits per heavy atom. The summed E-state index contributed by atoms with van der Waals surface area (Å²) in [6.45, 7) is 2.97. The molecule has 0 bridgehead atoms. The number of amides is 1. The lowest BCUT2D eigenvalue weighted by molar-refractivity contribution is 0.0741. The van der Waals surface area contributed by atoms with Crippen LogP contribution in [0.15, 0.2) is 42.6 Å². The molecule has 1 N–H and O–H groups in total. The minimum Gasteiger partial charge on any atom is -0.382 e. The number of anilines is 2. The predicted octanol–water partition coefficient (Wildman–Crippen LogP) is 4.44. The molecule has 0 atom stereocenters. The van der Waals surface area contributed by atoms with E-state index in [-0.39, 0.29) is 5.91 Å². The molecule has 5 nitrogen and oxygen atoms in total. The highest BCUT2D eigenvalue weighted by Gasteiger charge is 2.23. The van der Waals surface area contributed by atoms with E-state index in [1.165, 1.54) is 32.1 Å². The molecule has 1 aromatic heterocycles. The molecule has 1 saturated carbocycles. The van der Waals surface area contributed by atoms with E-state index in [4.69, 9.17) is 11.6 Å². The van der Waals surface area contributed by atoms with Gasteiger partial charge in [0.25, 0.3) is 5.91 Å². The van der Waals surface area contributed by atoms with Gasteiger partial charge >= 0.3 is 0 Å². The summed E-state index contributed by atoms with van der Waals surface area (Å²) in [5, 5.41) is 4.32. The zero-order valence-corrected chi connectivity index (χ0v) is 16.9. The lowest BCUT2D eigenvalue weighted by Crippen LogP contribution is -2.49. The molecule has 0 radical (unpaired) electrons. The summed E-state index contributed by atoms with van der Waals surface area (Å²) in [4.78, 5) is 21.4. The normalized spacial score (nSPS) is 18.2. The number of benzene rings is 1. The van der Waals surface area contributed by atoms with Crippen molar-refractivity contribution in [2.75, 3.05) is 36.4 Å². The van der Waals surface area contributed by atoms with Crippen LogP contribution in [0, 0.1) is 0 Å². The molecule has 1 aromatic carbocycles. The molecule has 2 heterocycles. The van der Waals surface area contributed by atoms with Gasteiger partial charge in [-0.2, -0.15) is 0 Å². The topological polar surface area (TPSA) is 48.5 Å². The Morgan fingerprint density at radius 1 is 1.04 bits per heavy atom. The summed E-state index contributed by atoms with van der Waals surface area (Å²) in [7, 11) is 0. The Hall–Kier alpha value is -2.27. The Labute approximate surface area is 171 Å². The highest BCUT2D eigenvalue weighted by Crippen LogP contribution is 2.23. The molecule has 1 saturated heterocycles. The first-order chi connectivity index (χ1) is 13.7. The molecule has 2 aromatic rings. The van der Waals surface area contributed by atoms with Crippen molar-refractivity contribution >= 4 is 28.9 Å².